The molecule has 2 aromatic rings. The number of nitrogens with zero attached hydrogens (tertiary/aromatic N) is 3. The molecule has 2 rings (SSSR count). The first kappa shape index (κ1) is 13.0. The van der Waals surface area contributed by atoms with Crippen molar-refractivity contribution < 1.29 is 5.11 Å². The van der Waals surface area contributed by atoms with E-state index in [0.717, 1.165) is 15.9 Å². The van der Waals surface area contributed by atoms with Crippen molar-refractivity contribution >= 4 is 21.6 Å². The van der Waals surface area contributed by atoms with Gasteiger partial charge in [0.15, 0.2) is 0 Å². The number of halogens is 1. The highest BCUT2D eigenvalue weighted by Gasteiger charge is 2.01. The van der Waals surface area contributed by atoms with Gasteiger partial charge in [-0.3, -0.25) is 0 Å². The molecule has 0 saturated heterocycles. The number of aryl methyl sites for hydroxylation is 1. The van der Waals surface area contributed by atoms with Crippen LogP contribution in [0, 0.1) is 6.92 Å². The topological polar surface area (TPSA) is 63.0 Å². The molecule has 0 spiro atoms. The van der Waals surface area contributed by atoms with Gasteiger partial charge in [0.25, 0.3) is 0 Å². The molecule has 0 atom stereocenters. The van der Waals surface area contributed by atoms with E-state index in [4.69, 9.17) is 5.11 Å². The Morgan fingerprint density at radius 3 is 2.94 bits per heavy atom. The minimum absolute atomic E-state index is 0.0705. The Morgan fingerprint density at radius 2 is 2.22 bits per heavy atom. The number of aromatic nitrogens is 3. The average molecular weight is 311 g/mol. The van der Waals surface area contributed by atoms with E-state index in [1.807, 2.05) is 19.2 Å². The molecule has 0 radical (unpaired) electrons. The molecule has 96 valence electrons. The molecule has 0 amide bonds. The molecule has 0 bridgehead atoms. The lowest BCUT2D eigenvalue weighted by Crippen LogP contribution is -2.02. The number of hydrogen-bond donors (Lipinski definition) is 2. The van der Waals surface area contributed by atoms with Crippen LogP contribution in [0.15, 0.2) is 28.9 Å². The summed E-state index contributed by atoms with van der Waals surface area (Å²) in [4.78, 5) is 0. The van der Waals surface area contributed by atoms with Crippen LogP contribution in [0.1, 0.15) is 11.3 Å². The van der Waals surface area contributed by atoms with E-state index in [1.54, 1.807) is 4.68 Å². The fourth-order valence-corrected chi connectivity index (χ4v) is 2.27. The fraction of sp³-hybridized carbons (Fsp3) is 0.333. The standard InChI is InChI=1S/C12H15BrN4O/c1-9-4-10(13)6-11(5-9)14-7-12-8-17(2-3-18)16-15-12/h4-6,8,14,18H,2-3,7H2,1H3. The molecule has 6 heteroatoms. The Kier molecular flexibility index (Phi) is 4.33. The Labute approximate surface area is 114 Å². The Morgan fingerprint density at radius 1 is 1.39 bits per heavy atom. The van der Waals surface area contributed by atoms with E-state index >= 15 is 0 Å². The molecule has 5 nitrogen and oxygen atoms in total. The zero-order valence-corrected chi connectivity index (χ0v) is 11.7. The largest absolute Gasteiger partial charge is 0.394 e. The predicted molar refractivity (Wildman–Crippen MR) is 73.3 cm³/mol. The second-order valence-electron chi connectivity index (χ2n) is 4.07. The first-order chi connectivity index (χ1) is 8.67. The molecule has 0 fully saturated rings. The van der Waals surface area contributed by atoms with Gasteiger partial charge in [-0.1, -0.05) is 21.1 Å². The van der Waals surface area contributed by atoms with Crippen molar-refractivity contribution in [2.45, 2.75) is 20.0 Å². The van der Waals surface area contributed by atoms with Gasteiger partial charge in [-0.25, -0.2) is 4.68 Å². The maximum absolute atomic E-state index is 8.79. The number of benzene rings is 1. The molecule has 0 aliphatic heterocycles. The minimum Gasteiger partial charge on any atom is -0.394 e. The van der Waals surface area contributed by atoms with Crippen LogP contribution in [-0.4, -0.2) is 26.7 Å². The van der Waals surface area contributed by atoms with Gasteiger partial charge >= 0.3 is 0 Å². The molecular weight excluding hydrogens is 296 g/mol. The maximum atomic E-state index is 8.79. The van der Waals surface area contributed by atoms with Crippen molar-refractivity contribution in [3.63, 3.8) is 0 Å². The van der Waals surface area contributed by atoms with Crippen molar-refractivity contribution in [2.24, 2.45) is 0 Å². The number of aliphatic hydroxyl groups excluding tert-OH is 1. The molecule has 1 aromatic carbocycles. The quantitative estimate of drug-likeness (QED) is 0.886. The number of hydrogen-bond acceptors (Lipinski definition) is 4. The number of aliphatic hydroxyl groups is 1. The summed E-state index contributed by atoms with van der Waals surface area (Å²) in [5.74, 6) is 0. The summed E-state index contributed by atoms with van der Waals surface area (Å²) in [7, 11) is 0. The summed E-state index contributed by atoms with van der Waals surface area (Å²) in [5.41, 5.74) is 3.08. The highest BCUT2D eigenvalue weighted by atomic mass is 79.9. The van der Waals surface area contributed by atoms with Crippen LogP contribution in [0.3, 0.4) is 0 Å². The Bertz CT molecular complexity index is 506. The van der Waals surface area contributed by atoms with E-state index in [1.165, 1.54) is 5.56 Å². The van der Waals surface area contributed by atoms with Crippen molar-refractivity contribution in [3.05, 3.63) is 40.1 Å². The van der Waals surface area contributed by atoms with E-state index in [0.29, 0.717) is 13.1 Å². The normalized spacial score (nSPS) is 10.6. The molecular formula is C12H15BrN4O. The Hall–Kier alpha value is -1.40. The highest BCUT2D eigenvalue weighted by Crippen LogP contribution is 2.19. The van der Waals surface area contributed by atoms with Crippen molar-refractivity contribution in [1.82, 2.24) is 15.0 Å². The first-order valence-electron chi connectivity index (χ1n) is 5.68. The van der Waals surface area contributed by atoms with Gasteiger partial charge in [-0.05, 0) is 30.7 Å². The van der Waals surface area contributed by atoms with Crippen molar-refractivity contribution in [1.29, 1.82) is 0 Å². The SMILES string of the molecule is Cc1cc(Br)cc(NCc2cn(CCO)nn2)c1. The third-order valence-corrected chi connectivity index (χ3v) is 2.89. The van der Waals surface area contributed by atoms with Gasteiger partial charge in [0.05, 0.1) is 25.9 Å². The van der Waals surface area contributed by atoms with Gasteiger partial charge in [-0.2, -0.15) is 0 Å². The van der Waals surface area contributed by atoms with E-state index in [9.17, 15) is 0 Å². The summed E-state index contributed by atoms with van der Waals surface area (Å²) < 4.78 is 2.68. The third-order valence-electron chi connectivity index (χ3n) is 2.43. The average Bonchev–Trinajstić information content (AvgIpc) is 2.74. The summed E-state index contributed by atoms with van der Waals surface area (Å²) >= 11 is 3.46. The Balaban J connectivity index is 1.97. The van der Waals surface area contributed by atoms with Crippen LogP contribution in [0.2, 0.25) is 0 Å². The summed E-state index contributed by atoms with van der Waals surface area (Å²) in [5, 5.41) is 20.0. The molecule has 1 heterocycles. The van der Waals surface area contributed by atoms with Crippen molar-refractivity contribution in [3.8, 4) is 0 Å². The summed E-state index contributed by atoms with van der Waals surface area (Å²) in [6.07, 6.45) is 1.83. The van der Waals surface area contributed by atoms with Crippen LogP contribution < -0.4 is 5.32 Å². The summed E-state index contributed by atoms with van der Waals surface area (Å²) in [6.45, 7) is 3.21. The second kappa shape index (κ2) is 5.97. The molecule has 0 saturated carbocycles. The smallest absolute Gasteiger partial charge is 0.102 e. The lowest BCUT2D eigenvalue weighted by molar-refractivity contribution is 0.268. The van der Waals surface area contributed by atoms with Crippen LogP contribution in [0.4, 0.5) is 5.69 Å². The van der Waals surface area contributed by atoms with Crippen LogP contribution >= 0.6 is 15.9 Å². The highest BCUT2D eigenvalue weighted by molar-refractivity contribution is 9.10. The number of nitrogens with one attached hydrogen (secondary N) is 1. The third kappa shape index (κ3) is 3.54. The van der Waals surface area contributed by atoms with Gasteiger partial charge in [-0.15, -0.1) is 5.10 Å². The maximum Gasteiger partial charge on any atom is 0.102 e. The monoisotopic (exact) mass is 310 g/mol. The van der Waals surface area contributed by atoms with E-state index in [-0.39, 0.29) is 6.61 Å². The molecule has 18 heavy (non-hydrogen) atoms. The molecule has 0 aliphatic carbocycles. The van der Waals surface area contributed by atoms with Gasteiger partial charge in [0.2, 0.25) is 0 Å². The molecule has 1 aromatic heterocycles. The lowest BCUT2D eigenvalue weighted by Gasteiger charge is -2.06. The van der Waals surface area contributed by atoms with E-state index in [2.05, 4.69) is 43.7 Å². The van der Waals surface area contributed by atoms with Crippen LogP contribution in [0.25, 0.3) is 0 Å². The van der Waals surface area contributed by atoms with Crippen LogP contribution in [-0.2, 0) is 13.1 Å². The molecule has 0 unspecified atom stereocenters. The zero-order valence-electron chi connectivity index (χ0n) is 10.1. The molecule has 0 aliphatic rings. The summed E-state index contributed by atoms with van der Waals surface area (Å²) in [6, 6.07) is 6.15. The van der Waals surface area contributed by atoms with E-state index < -0.39 is 0 Å². The fourth-order valence-electron chi connectivity index (χ4n) is 1.66. The zero-order chi connectivity index (χ0) is 13.0. The first-order valence-corrected chi connectivity index (χ1v) is 6.47. The van der Waals surface area contributed by atoms with Gasteiger partial charge < -0.3 is 10.4 Å². The van der Waals surface area contributed by atoms with Gasteiger partial charge in [0.1, 0.15) is 5.69 Å². The lowest BCUT2D eigenvalue weighted by atomic mass is 10.2. The van der Waals surface area contributed by atoms with Gasteiger partial charge in [0, 0.05) is 10.2 Å². The van der Waals surface area contributed by atoms with Crippen LogP contribution in [0.5, 0.6) is 0 Å². The minimum atomic E-state index is 0.0705. The molecule has 2 N–H and O–H groups in total. The van der Waals surface area contributed by atoms with Crippen molar-refractivity contribution in [2.75, 3.05) is 11.9 Å². The second-order valence-corrected chi connectivity index (χ2v) is 4.98. The number of rotatable bonds is 5. The number of anilines is 1. The predicted octanol–water partition coefficient (Wildman–Crippen LogP) is 1.95.